The second kappa shape index (κ2) is 8.03. The first-order valence-corrected chi connectivity index (χ1v) is 8.19. The molecule has 0 bridgehead atoms. The van der Waals surface area contributed by atoms with E-state index in [1.165, 1.54) is 13.2 Å². The highest BCUT2D eigenvalue weighted by Crippen LogP contribution is 2.23. The Labute approximate surface area is 152 Å². The summed E-state index contributed by atoms with van der Waals surface area (Å²) in [7, 11) is 1.47. The molecule has 25 heavy (non-hydrogen) atoms. The first-order chi connectivity index (χ1) is 11.8. The molecule has 0 saturated carbocycles. The topological polar surface area (TPSA) is 67.4 Å². The number of carbonyl (C=O) groups is 2. The second-order valence-electron chi connectivity index (χ2n) is 5.85. The summed E-state index contributed by atoms with van der Waals surface area (Å²) in [4.78, 5) is 24.5. The van der Waals surface area contributed by atoms with Gasteiger partial charge in [-0.25, -0.2) is 0 Å². The van der Waals surface area contributed by atoms with Crippen LogP contribution in [0.15, 0.2) is 30.3 Å². The molecule has 0 aromatic heterocycles. The van der Waals surface area contributed by atoms with Gasteiger partial charge in [0.2, 0.25) is 5.91 Å². The van der Waals surface area contributed by atoms with Crippen LogP contribution < -0.4 is 15.4 Å². The molecule has 2 N–H and O–H groups in total. The van der Waals surface area contributed by atoms with Crippen molar-refractivity contribution in [1.82, 2.24) is 5.32 Å². The van der Waals surface area contributed by atoms with Crippen LogP contribution >= 0.6 is 11.6 Å². The van der Waals surface area contributed by atoms with Crippen molar-refractivity contribution in [2.45, 2.75) is 20.8 Å². The van der Waals surface area contributed by atoms with Crippen molar-refractivity contribution >= 4 is 29.1 Å². The lowest BCUT2D eigenvalue weighted by atomic mass is 10.1. The number of methoxy groups -OCH3 is 1. The molecule has 5 nitrogen and oxygen atoms in total. The minimum absolute atomic E-state index is 0.152. The van der Waals surface area contributed by atoms with Crippen LogP contribution in [0.3, 0.4) is 0 Å². The Balaban J connectivity index is 2.03. The van der Waals surface area contributed by atoms with E-state index in [1.54, 1.807) is 12.1 Å². The molecule has 2 rings (SSSR count). The maximum absolute atomic E-state index is 12.3. The highest BCUT2D eigenvalue weighted by molar-refractivity contribution is 6.31. The Hall–Kier alpha value is -2.53. The molecule has 0 aliphatic rings. The van der Waals surface area contributed by atoms with Gasteiger partial charge in [-0.2, -0.15) is 0 Å². The van der Waals surface area contributed by atoms with Crippen molar-refractivity contribution in [3.63, 3.8) is 0 Å². The Morgan fingerprint density at radius 2 is 1.72 bits per heavy atom. The van der Waals surface area contributed by atoms with Gasteiger partial charge >= 0.3 is 0 Å². The van der Waals surface area contributed by atoms with Crippen LogP contribution in [-0.4, -0.2) is 25.5 Å². The third kappa shape index (κ3) is 4.73. The minimum atomic E-state index is -0.424. The Bertz CT molecular complexity index is 795. The predicted octanol–water partition coefficient (Wildman–Crippen LogP) is 3.64. The largest absolute Gasteiger partial charge is 0.496 e. The molecule has 0 aliphatic heterocycles. The van der Waals surface area contributed by atoms with E-state index in [4.69, 9.17) is 16.3 Å². The lowest BCUT2D eigenvalue weighted by Crippen LogP contribution is -2.33. The number of carbonyl (C=O) groups excluding carboxylic acids is 2. The predicted molar refractivity (Wildman–Crippen MR) is 99.6 cm³/mol. The summed E-state index contributed by atoms with van der Waals surface area (Å²) >= 11 is 5.92. The summed E-state index contributed by atoms with van der Waals surface area (Å²) in [5.41, 5.74) is 4.15. The molecule has 0 radical (unpaired) electrons. The van der Waals surface area contributed by atoms with Gasteiger partial charge in [-0.3, -0.25) is 9.59 Å². The van der Waals surface area contributed by atoms with Crippen molar-refractivity contribution < 1.29 is 14.3 Å². The van der Waals surface area contributed by atoms with Crippen molar-refractivity contribution in [3.8, 4) is 5.75 Å². The summed E-state index contributed by atoms with van der Waals surface area (Å²) in [5, 5.41) is 5.84. The first kappa shape index (κ1) is 18.8. The zero-order chi connectivity index (χ0) is 18.6. The van der Waals surface area contributed by atoms with Gasteiger partial charge in [0.15, 0.2) is 0 Å². The number of ether oxygens (including phenoxy) is 1. The molecular formula is C19H21ClN2O3. The normalized spacial score (nSPS) is 10.3. The number of amides is 2. The maximum atomic E-state index is 12.3. The summed E-state index contributed by atoms with van der Waals surface area (Å²) in [6.07, 6.45) is 0. The number of benzene rings is 2. The van der Waals surface area contributed by atoms with Crippen LogP contribution in [0.2, 0.25) is 5.02 Å². The molecule has 0 saturated heterocycles. The highest BCUT2D eigenvalue weighted by atomic mass is 35.5. The van der Waals surface area contributed by atoms with Crippen molar-refractivity contribution in [1.29, 1.82) is 0 Å². The minimum Gasteiger partial charge on any atom is -0.496 e. The van der Waals surface area contributed by atoms with Crippen molar-refractivity contribution in [2.75, 3.05) is 19.0 Å². The number of aryl methyl sites for hydroxylation is 3. The lowest BCUT2D eigenvalue weighted by molar-refractivity contribution is -0.115. The molecule has 2 aromatic rings. The van der Waals surface area contributed by atoms with E-state index in [-0.39, 0.29) is 18.0 Å². The summed E-state index contributed by atoms with van der Waals surface area (Å²) in [5.74, 6) is -0.330. The van der Waals surface area contributed by atoms with Crippen molar-refractivity contribution in [2.24, 2.45) is 0 Å². The number of hydrogen-bond acceptors (Lipinski definition) is 3. The molecule has 132 valence electrons. The van der Waals surface area contributed by atoms with Crippen LogP contribution in [-0.2, 0) is 4.79 Å². The van der Waals surface area contributed by atoms with Gasteiger partial charge in [0.05, 0.1) is 19.2 Å². The van der Waals surface area contributed by atoms with E-state index in [2.05, 4.69) is 10.6 Å². The van der Waals surface area contributed by atoms with Gasteiger partial charge in [-0.1, -0.05) is 29.3 Å². The molecule has 0 unspecified atom stereocenters. The molecule has 0 aliphatic carbocycles. The molecule has 0 atom stereocenters. The first-order valence-electron chi connectivity index (χ1n) is 7.81. The summed E-state index contributed by atoms with van der Waals surface area (Å²) in [6, 6.07) is 8.74. The van der Waals surface area contributed by atoms with Gasteiger partial charge < -0.3 is 15.4 Å². The van der Waals surface area contributed by atoms with Crippen LogP contribution in [0, 0.1) is 20.8 Å². The van der Waals surface area contributed by atoms with E-state index >= 15 is 0 Å². The molecule has 0 heterocycles. The molecule has 2 aromatic carbocycles. The van der Waals surface area contributed by atoms with E-state index < -0.39 is 5.91 Å². The average molecular weight is 361 g/mol. The fraction of sp³-hybridized carbons (Fsp3) is 0.263. The number of rotatable bonds is 5. The highest BCUT2D eigenvalue weighted by Gasteiger charge is 2.15. The zero-order valence-corrected chi connectivity index (χ0v) is 15.5. The maximum Gasteiger partial charge on any atom is 0.255 e. The van der Waals surface area contributed by atoms with Gasteiger partial charge in [0.25, 0.3) is 5.91 Å². The van der Waals surface area contributed by atoms with E-state index in [0.717, 1.165) is 22.4 Å². The Kier molecular flexibility index (Phi) is 6.04. The molecule has 0 spiro atoms. The van der Waals surface area contributed by atoms with E-state index in [0.29, 0.717) is 10.8 Å². The second-order valence-corrected chi connectivity index (χ2v) is 6.29. The standard InChI is InChI=1S/C19H21ClN2O3/c1-11-7-12(2)18(13(3)8-11)22-17(23)10-21-19(24)15-9-14(20)5-6-16(15)25-4/h5-9H,10H2,1-4H3,(H,21,24)(H,22,23). The fourth-order valence-electron chi connectivity index (χ4n) is 2.67. The average Bonchev–Trinajstić information content (AvgIpc) is 2.55. The van der Waals surface area contributed by atoms with Gasteiger partial charge in [0, 0.05) is 10.7 Å². The van der Waals surface area contributed by atoms with Crippen molar-refractivity contribution in [3.05, 3.63) is 57.6 Å². The number of nitrogens with one attached hydrogen (secondary N) is 2. The number of hydrogen-bond donors (Lipinski definition) is 2. The van der Waals surface area contributed by atoms with Gasteiger partial charge in [-0.05, 0) is 50.1 Å². The quantitative estimate of drug-likeness (QED) is 0.855. The number of halogens is 1. The third-order valence-corrected chi connectivity index (χ3v) is 3.99. The summed E-state index contributed by atoms with van der Waals surface area (Å²) < 4.78 is 5.15. The molecular weight excluding hydrogens is 340 g/mol. The van der Waals surface area contributed by atoms with Gasteiger partial charge in [0.1, 0.15) is 5.75 Å². The smallest absolute Gasteiger partial charge is 0.255 e. The zero-order valence-electron chi connectivity index (χ0n) is 14.7. The SMILES string of the molecule is COc1ccc(Cl)cc1C(=O)NCC(=O)Nc1c(C)cc(C)cc1C. The van der Waals surface area contributed by atoms with Crippen LogP contribution in [0.4, 0.5) is 5.69 Å². The van der Waals surface area contributed by atoms with Crippen LogP contribution in [0.5, 0.6) is 5.75 Å². The van der Waals surface area contributed by atoms with Crippen LogP contribution in [0.1, 0.15) is 27.0 Å². The third-order valence-electron chi connectivity index (χ3n) is 3.76. The monoisotopic (exact) mass is 360 g/mol. The lowest BCUT2D eigenvalue weighted by Gasteiger charge is -2.14. The Morgan fingerprint density at radius 3 is 2.32 bits per heavy atom. The van der Waals surface area contributed by atoms with Crippen LogP contribution in [0.25, 0.3) is 0 Å². The summed E-state index contributed by atoms with van der Waals surface area (Å²) in [6.45, 7) is 5.72. The van der Waals surface area contributed by atoms with E-state index in [1.807, 2.05) is 32.9 Å². The molecule has 0 fully saturated rings. The Morgan fingerprint density at radius 1 is 1.08 bits per heavy atom. The van der Waals surface area contributed by atoms with Gasteiger partial charge in [-0.15, -0.1) is 0 Å². The molecule has 6 heteroatoms. The number of anilines is 1. The fourth-order valence-corrected chi connectivity index (χ4v) is 2.85. The molecule has 2 amide bonds. The van der Waals surface area contributed by atoms with E-state index in [9.17, 15) is 9.59 Å².